The van der Waals surface area contributed by atoms with E-state index in [0.717, 1.165) is 18.0 Å². The summed E-state index contributed by atoms with van der Waals surface area (Å²) in [7, 11) is 0. The Balaban J connectivity index is 1.96. The molecule has 0 saturated heterocycles. The van der Waals surface area contributed by atoms with Gasteiger partial charge in [0.05, 0.1) is 18.0 Å². The zero-order chi connectivity index (χ0) is 17.1. The van der Waals surface area contributed by atoms with Gasteiger partial charge in [-0.05, 0) is 68.7 Å². The summed E-state index contributed by atoms with van der Waals surface area (Å²) >= 11 is 1.37. The highest BCUT2D eigenvalue weighted by molar-refractivity contribution is 7.99. The van der Waals surface area contributed by atoms with Crippen molar-refractivity contribution in [2.24, 2.45) is 0 Å². The van der Waals surface area contributed by atoms with Crippen molar-refractivity contribution in [3.05, 3.63) is 34.6 Å². The highest BCUT2D eigenvalue weighted by atomic mass is 32.2. The summed E-state index contributed by atoms with van der Waals surface area (Å²) in [6.45, 7) is 6.55. The van der Waals surface area contributed by atoms with Gasteiger partial charge in [0.25, 0.3) is 0 Å². The van der Waals surface area contributed by atoms with Gasteiger partial charge in [0.1, 0.15) is 6.33 Å². The lowest BCUT2D eigenvalue weighted by atomic mass is 9.85. The maximum atomic E-state index is 11.6. The minimum absolute atomic E-state index is 0.222. The number of thioether (sulfide) groups is 1. The van der Waals surface area contributed by atoms with Crippen molar-refractivity contribution >= 4 is 17.7 Å². The molecule has 1 aromatic carbocycles. The predicted octanol–water partition coefficient (Wildman–Crippen LogP) is 3.42. The van der Waals surface area contributed by atoms with Gasteiger partial charge in [-0.25, -0.2) is 0 Å². The van der Waals surface area contributed by atoms with Crippen LogP contribution in [0.4, 0.5) is 0 Å². The Labute approximate surface area is 146 Å². The van der Waals surface area contributed by atoms with Gasteiger partial charge in [-0.2, -0.15) is 0 Å². The third-order valence-electron chi connectivity index (χ3n) is 4.42. The van der Waals surface area contributed by atoms with E-state index in [1.807, 2.05) is 11.5 Å². The Hall–Kier alpha value is -1.82. The number of carbonyl (C=O) groups excluding carboxylic acids is 1. The lowest BCUT2D eigenvalue weighted by Gasteiger charge is -2.24. The van der Waals surface area contributed by atoms with Gasteiger partial charge < -0.3 is 4.74 Å². The average Bonchev–Trinajstić information content (AvgIpc) is 3.01. The molecule has 5 nitrogen and oxygen atoms in total. The molecule has 0 saturated carbocycles. The van der Waals surface area contributed by atoms with Crippen LogP contribution in [0.25, 0.3) is 5.69 Å². The number of hydrogen-bond acceptors (Lipinski definition) is 5. The quantitative estimate of drug-likeness (QED) is 0.614. The number of aromatic nitrogens is 3. The first-order valence-electron chi connectivity index (χ1n) is 8.42. The van der Waals surface area contributed by atoms with E-state index in [4.69, 9.17) is 4.74 Å². The van der Waals surface area contributed by atoms with E-state index in [0.29, 0.717) is 6.61 Å². The molecule has 0 spiro atoms. The average molecular weight is 345 g/mol. The Morgan fingerprint density at radius 3 is 2.75 bits per heavy atom. The molecule has 0 aliphatic heterocycles. The molecule has 6 heteroatoms. The largest absolute Gasteiger partial charge is 0.465 e. The first-order valence-corrected chi connectivity index (χ1v) is 9.41. The first-order chi connectivity index (χ1) is 11.6. The number of hydrogen-bond donors (Lipinski definition) is 0. The molecule has 1 aliphatic carbocycles. The zero-order valence-corrected chi connectivity index (χ0v) is 15.3. The summed E-state index contributed by atoms with van der Waals surface area (Å²) < 4.78 is 7.03. The maximum absolute atomic E-state index is 11.6. The zero-order valence-electron chi connectivity index (χ0n) is 14.5. The number of esters is 1. The van der Waals surface area contributed by atoms with Crippen molar-refractivity contribution in [1.29, 1.82) is 0 Å². The van der Waals surface area contributed by atoms with E-state index in [2.05, 4.69) is 30.1 Å². The predicted molar refractivity (Wildman–Crippen MR) is 94.8 cm³/mol. The van der Waals surface area contributed by atoms with E-state index in [9.17, 15) is 4.79 Å². The molecule has 3 rings (SSSR count). The van der Waals surface area contributed by atoms with Gasteiger partial charge in [-0.15, -0.1) is 10.2 Å². The molecule has 0 radical (unpaired) electrons. The summed E-state index contributed by atoms with van der Waals surface area (Å²) in [4.78, 5) is 11.6. The van der Waals surface area contributed by atoms with Crippen LogP contribution in [0, 0.1) is 13.8 Å². The molecule has 1 aliphatic rings. The molecule has 0 unspecified atom stereocenters. The van der Waals surface area contributed by atoms with Crippen molar-refractivity contribution in [2.45, 2.75) is 51.6 Å². The van der Waals surface area contributed by atoms with E-state index in [1.165, 1.54) is 52.5 Å². The van der Waals surface area contributed by atoms with Crippen molar-refractivity contribution < 1.29 is 9.53 Å². The van der Waals surface area contributed by atoms with Crippen LogP contribution >= 0.6 is 11.8 Å². The van der Waals surface area contributed by atoms with Crippen LogP contribution in [0.5, 0.6) is 0 Å². The highest BCUT2D eigenvalue weighted by Crippen LogP contribution is 2.33. The van der Waals surface area contributed by atoms with E-state index < -0.39 is 0 Å². The molecule has 0 atom stereocenters. The molecular formula is C18H23N3O2S. The second kappa shape index (κ2) is 7.38. The summed E-state index contributed by atoms with van der Waals surface area (Å²) in [5.41, 5.74) is 6.67. The minimum atomic E-state index is -0.222. The van der Waals surface area contributed by atoms with E-state index in [1.54, 1.807) is 6.33 Å². The summed E-state index contributed by atoms with van der Waals surface area (Å²) in [5.74, 6) is 0.0271. The molecule has 0 fully saturated rings. The third kappa shape index (κ3) is 3.34. The number of benzene rings is 1. The second-order valence-corrected chi connectivity index (χ2v) is 7.04. The molecule has 1 heterocycles. The summed E-state index contributed by atoms with van der Waals surface area (Å²) in [5, 5.41) is 9.02. The Kier molecular flexibility index (Phi) is 5.23. The van der Waals surface area contributed by atoms with Crippen LogP contribution in [-0.2, 0) is 22.4 Å². The number of aryl methyl sites for hydroxylation is 2. The van der Waals surface area contributed by atoms with Crippen molar-refractivity contribution in [2.75, 3.05) is 12.4 Å². The van der Waals surface area contributed by atoms with Crippen molar-refractivity contribution in [3.63, 3.8) is 0 Å². The number of fused-ring (bicyclic) bond motifs is 1. The molecule has 128 valence electrons. The monoisotopic (exact) mass is 345 g/mol. The number of nitrogens with zero attached hydrogens (tertiary/aromatic N) is 3. The van der Waals surface area contributed by atoms with Gasteiger partial charge in [-0.3, -0.25) is 9.36 Å². The molecule has 24 heavy (non-hydrogen) atoms. The van der Waals surface area contributed by atoms with Crippen molar-refractivity contribution in [1.82, 2.24) is 14.8 Å². The third-order valence-corrected chi connectivity index (χ3v) is 5.33. The normalized spacial score (nSPS) is 13.6. The second-order valence-electron chi connectivity index (χ2n) is 6.10. The molecule has 1 aromatic heterocycles. The molecule has 0 bridgehead atoms. The van der Waals surface area contributed by atoms with Crippen LogP contribution in [-0.4, -0.2) is 33.1 Å². The Bertz CT molecular complexity index is 755. The van der Waals surface area contributed by atoms with E-state index in [-0.39, 0.29) is 11.7 Å². The van der Waals surface area contributed by atoms with Gasteiger partial charge in [0, 0.05) is 0 Å². The topological polar surface area (TPSA) is 57.0 Å². The SMILES string of the molecule is CCOC(=O)CSc1nncn1-c1c(C)cc(C)c2c1CCCC2. The van der Waals surface area contributed by atoms with Crippen LogP contribution in [0.15, 0.2) is 17.6 Å². The van der Waals surface area contributed by atoms with Gasteiger partial charge in [0.2, 0.25) is 0 Å². The van der Waals surface area contributed by atoms with E-state index >= 15 is 0 Å². The highest BCUT2D eigenvalue weighted by Gasteiger charge is 2.21. The van der Waals surface area contributed by atoms with Crippen LogP contribution in [0.1, 0.15) is 42.0 Å². The van der Waals surface area contributed by atoms with Crippen LogP contribution in [0.3, 0.4) is 0 Å². The molecule has 2 aromatic rings. The lowest BCUT2D eigenvalue weighted by molar-refractivity contribution is -0.139. The minimum Gasteiger partial charge on any atom is -0.465 e. The molecule has 0 amide bonds. The van der Waals surface area contributed by atoms with Gasteiger partial charge in [-0.1, -0.05) is 17.8 Å². The Morgan fingerprint density at radius 1 is 1.25 bits per heavy atom. The van der Waals surface area contributed by atoms with Crippen LogP contribution in [0.2, 0.25) is 0 Å². The lowest BCUT2D eigenvalue weighted by Crippen LogP contribution is -2.13. The number of carbonyl (C=O) groups is 1. The fourth-order valence-corrected chi connectivity index (χ4v) is 4.17. The summed E-state index contributed by atoms with van der Waals surface area (Å²) in [6.07, 6.45) is 6.45. The van der Waals surface area contributed by atoms with Crippen LogP contribution < -0.4 is 0 Å². The molecule has 0 N–H and O–H groups in total. The summed E-state index contributed by atoms with van der Waals surface area (Å²) in [6, 6.07) is 2.25. The van der Waals surface area contributed by atoms with Gasteiger partial charge in [0.15, 0.2) is 5.16 Å². The fourth-order valence-electron chi connectivity index (χ4n) is 3.46. The number of rotatable bonds is 5. The van der Waals surface area contributed by atoms with Gasteiger partial charge >= 0.3 is 5.97 Å². The van der Waals surface area contributed by atoms with Crippen molar-refractivity contribution in [3.8, 4) is 5.69 Å². The standard InChI is InChI=1S/C18H23N3O2S/c1-4-23-16(22)10-24-18-20-19-11-21(18)17-13(3)9-12(2)14-7-5-6-8-15(14)17/h9,11H,4-8,10H2,1-3H3. The number of ether oxygens (including phenoxy) is 1. The fraction of sp³-hybridized carbons (Fsp3) is 0.500. The smallest absolute Gasteiger partial charge is 0.316 e. The first kappa shape index (κ1) is 17.0. The molecular weight excluding hydrogens is 322 g/mol. The maximum Gasteiger partial charge on any atom is 0.316 e. The Morgan fingerprint density at radius 2 is 2.00 bits per heavy atom.